The Labute approximate surface area is 271 Å². The van der Waals surface area contributed by atoms with E-state index in [1.165, 1.54) is 42.3 Å². The van der Waals surface area contributed by atoms with E-state index in [2.05, 4.69) is 5.32 Å². The molecule has 0 aromatic heterocycles. The molecule has 0 bridgehead atoms. The normalized spacial score (nSPS) is 11.9. The number of carbonyl (C=O) groups is 2. The first-order valence-electron chi connectivity index (χ1n) is 13.0. The highest BCUT2D eigenvalue weighted by Crippen LogP contribution is 2.33. The zero-order chi connectivity index (χ0) is 31.1. The highest BCUT2D eigenvalue weighted by atomic mass is 35.5. The lowest BCUT2D eigenvalue weighted by Crippen LogP contribution is -2.53. The maximum absolute atomic E-state index is 14.3. The van der Waals surface area contributed by atoms with Crippen LogP contribution in [0.4, 0.5) is 5.69 Å². The predicted octanol–water partition coefficient (Wildman–Crippen LogP) is 6.88. The average molecular weight is 679 g/mol. The van der Waals surface area contributed by atoms with Gasteiger partial charge in [-0.1, -0.05) is 101 Å². The molecule has 4 aromatic rings. The second-order valence-corrected chi connectivity index (χ2v) is 13.0. The smallest absolute Gasteiger partial charge is 0.264 e. The van der Waals surface area contributed by atoms with Crippen LogP contribution in [0.1, 0.15) is 11.1 Å². The molecule has 0 spiro atoms. The number of anilines is 1. The van der Waals surface area contributed by atoms with Crippen molar-refractivity contribution >= 4 is 73.9 Å². The molecule has 0 radical (unpaired) electrons. The van der Waals surface area contributed by atoms with Gasteiger partial charge < -0.3 is 10.2 Å². The summed E-state index contributed by atoms with van der Waals surface area (Å²) in [6.07, 6.45) is 0.140. The highest BCUT2D eigenvalue weighted by molar-refractivity contribution is 7.92. The molecule has 0 heterocycles. The van der Waals surface area contributed by atoms with E-state index in [1.54, 1.807) is 36.4 Å². The standard InChI is InChI=1S/C31H27Cl4N3O4S/c1-36-31(40)29(17-21-9-4-2-5-10-21)37(19-24-25(33)13-8-14-26(24)34)30(39)20-38(28-16-15-22(32)18-27(28)35)43(41,42)23-11-6-3-7-12-23/h2-16,18,29H,17,19-20H2,1H3,(H,36,40)/t29-/m1/s1. The van der Waals surface area contributed by atoms with Gasteiger partial charge in [-0.05, 0) is 48.0 Å². The van der Waals surface area contributed by atoms with Gasteiger partial charge in [-0.3, -0.25) is 13.9 Å². The molecule has 7 nitrogen and oxygen atoms in total. The molecule has 0 saturated heterocycles. The second kappa shape index (κ2) is 14.5. The predicted molar refractivity (Wildman–Crippen MR) is 172 cm³/mol. The summed E-state index contributed by atoms with van der Waals surface area (Å²) < 4.78 is 28.9. The van der Waals surface area contributed by atoms with Gasteiger partial charge in [0.05, 0.1) is 15.6 Å². The van der Waals surface area contributed by atoms with Crippen LogP contribution in [0.3, 0.4) is 0 Å². The lowest BCUT2D eigenvalue weighted by atomic mass is 10.0. The highest BCUT2D eigenvalue weighted by Gasteiger charge is 2.35. The van der Waals surface area contributed by atoms with Crippen LogP contribution in [-0.2, 0) is 32.6 Å². The average Bonchev–Trinajstić information content (AvgIpc) is 2.99. The summed E-state index contributed by atoms with van der Waals surface area (Å²) in [5.74, 6) is -1.14. The molecule has 0 saturated carbocycles. The van der Waals surface area contributed by atoms with E-state index in [9.17, 15) is 18.0 Å². The molecular formula is C31H27Cl4N3O4S. The molecule has 1 atom stereocenters. The van der Waals surface area contributed by atoms with Crippen molar-refractivity contribution < 1.29 is 18.0 Å². The van der Waals surface area contributed by atoms with E-state index in [1.807, 2.05) is 30.3 Å². The second-order valence-electron chi connectivity index (χ2n) is 9.46. The fourth-order valence-corrected chi connectivity index (χ4v) is 7.02. The van der Waals surface area contributed by atoms with Gasteiger partial charge in [0, 0.05) is 40.6 Å². The summed E-state index contributed by atoms with van der Waals surface area (Å²) in [4.78, 5) is 28.9. The number of likely N-dealkylation sites (N-methyl/N-ethyl adjacent to an activating group) is 1. The number of hydrogen-bond donors (Lipinski definition) is 1. The minimum absolute atomic E-state index is 0.0210. The topological polar surface area (TPSA) is 86.8 Å². The van der Waals surface area contributed by atoms with Crippen LogP contribution < -0.4 is 9.62 Å². The van der Waals surface area contributed by atoms with Gasteiger partial charge in [0.15, 0.2) is 0 Å². The molecule has 0 unspecified atom stereocenters. The van der Waals surface area contributed by atoms with E-state index >= 15 is 0 Å². The summed E-state index contributed by atoms with van der Waals surface area (Å²) >= 11 is 25.6. The molecule has 0 aliphatic carbocycles. The van der Waals surface area contributed by atoms with Crippen LogP contribution in [0.25, 0.3) is 0 Å². The Morgan fingerprint density at radius 1 is 0.791 bits per heavy atom. The summed E-state index contributed by atoms with van der Waals surface area (Å²) in [6, 6.07) is 25.0. The van der Waals surface area contributed by atoms with Crippen molar-refractivity contribution in [3.8, 4) is 0 Å². The van der Waals surface area contributed by atoms with Gasteiger partial charge in [-0.2, -0.15) is 0 Å². The third-order valence-electron chi connectivity index (χ3n) is 6.70. The molecule has 43 heavy (non-hydrogen) atoms. The Balaban J connectivity index is 1.84. The number of carbonyl (C=O) groups excluding carboxylic acids is 2. The number of nitrogens with zero attached hydrogens (tertiary/aromatic N) is 2. The van der Waals surface area contributed by atoms with Crippen molar-refractivity contribution in [1.82, 2.24) is 10.2 Å². The zero-order valence-electron chi connectivity index (χ0n) is 22.9. The van der Waals surface area contributed by atoms with Crippen LogP contribution in [0.15, 0.2) is 102 Å². The number of sulfonamides is 1. The van der Waals surface area contributed by atoms with Gasteiger partial charge in [0.1, 0.15) is 12.6 Å². The maximum Gasteiger partial charge on any atom is 0.264 e. The molecule has 12 heteroatoms. The molecule has 4 aromatic carbocycles. The molecule has 0 aliphatic rings. The number of nitrogens with one attached hydrogen (secondary N) is 1. The van der Waals surface area contributed by atoms with Crippen molar-refractivity contribution in [2.45, 2.75) is 23.9 Å². The minimum atomic E-state index is -4.31. The minimum Gasteiger partial charge on any atom is -0.357 e. The van der Waals surface area contributed by atoms with E-state index in [-0.39, 0.29) is 43.6 Å². The van der Waals surface area contributed by atoms with Gasteiger partial charge in [-0.15, -0.1) is 0 Å². The lowest BCUT2D eigenvalue weighted by Gasteiger charge is -2.34. The van der Waals surface area contributed by atoms with E-state index in [0.29, 0.717) is 5.56 Å². The monoisotopic (exact) mass is 677 g/mol. The van der Waals surface area contributed by atoms with Crippen molar-refractivity contribution in [1.29, 1.82) is 0 Å². The van der Waals surface area contributed by atoms with Gasteiger partial charge >= 0.3 is 0 Å². The Morgan fingerprint density at radius 2 is 1.40 bits per heavy atom. The third kappa shape index (κ3) is 7.82. The van der Waals surface area contributed by atoms with Crippen molar-refractivity contribution in [2.24, 2.45) is 0 Å². The molecular weight excluding hydrogens is 652 g/mol. The van der Waals surface area contributed by atoms with Crippen LogP contribution in [-0.4, -0.2) is 44.8 Å². The Hall–Kier alpha value is -3.27. The number of hydrogen-bond acceptors (Lipinski definition) is 4. The Kier molecular flexibility index (Phi) is 11.0. The first-order valence-corrected chi connectivity index (χ1v) is 16.0. The lowest BCUT2D eigenvalue weighted by molar-refractivity contribution is -0.139. The number of benzene rings is 4. The SMILES string of the molecule is CNC(=O)[C@@H](Cc1ccccc1)N(Cc1c(Cl)cccc1Cl)C(=O)CN(c1ccc(Cl)cc1Cl)S(=O)(=O)c1ccccc1. The molecule has 2 amide bonds. The van der Waals surface area contributed by atoms with Crippen LogP contribution in [0.5, 0.6) is 0 Å². The Bertz CT molecular complexity index is 1690. The van der Waals surface area contributed by atoms with Crippen molar-refractivity contribution in [3.05, 3.63) is 128 Å². The molecule has 0 aliphatic heterocycles. The fourth-order valence-electron chi connectivity index (χ4n) is 4.49. The van der Waals surface area contributed by atoms with Crippen LogP contribution in [0.2, 0.25) is 20.1 Å². The van der Waals surface area contributed by atoms with Gasteiger partial charge in [-0.25, -0.2) is 8.42 Å². The fraction of sp³-hybridized carbons (Fsp3) is 0.161. The molecule has 4 rings (SSSR count). The molecule has 1 N–H and O–H groups in total. The molecule has 224 valence electrons. The van der Waals surface area contributed by atoms with Crippen LogP contribution in [0, 0.1) is 0 Å². The van der Waals surface area contributed by atoms with E-state index < -0.39 is 34.4 Å². The number of amides is 2. The summed E-state index contributed by atoms with van der Waals surface area (Å²) in [6.45, 7) is -0.862. The summed E-state index contributed by atoms with van der Waals surface area (Å²) in [5, 5.41) is 3.51. The number of rotatable bonds is 11. The van der Waals surface area contributed by atoms with Gasteiger partial charge in [0.25, 0.3) is 10.0 Å². The third-order valence-corrected chi connectivity index (χ3v) is 9.72. The zero-order valence-corrected chi connectivity index (χ0v) is 26.7. The Morgan fingerprint density at radius 3 is 1.98 bits per heavy atom. The quantitative estimate of drug-likeness (QED) is 0.187. The summed E-state index contributed by atoms with van der Waals surface area (Å²) in [7, 11) is -2.85. The largest absolute Gasteiger partial charge is 0.357 e. The summed E-state index contributed by atoms with van der Waals surface area (Å²) in [5.41, 5.74) is 1.23. The van der Waals surface area contributed by atoms with E-state index in [4.69, 9.17) is 46.4 Å². The first-order chi connectivity index (χ1) is 20.5. The van der Waals surface area contributed by atoms with E-state index in [0.717, 1.165) is 9.87 Å². The first kappa shape index (κ1) is 32.6. The van der Waals surface area contributed by atoms with Gasteiger partial charge in [0.2, 0.25) is 11.8 Å². The molecule has 0 fully saturated rings. The van der Waals surface area contributed by atoms with Crippen molar-refractivity contribution in [2.75, 3.05) is 17.9 Å². The van der Waals surface area contributed by atoms with Crippen LogP contribution >= 0.6 is 46.4 Å². The maximum atomic E-state index is 14.3. The van der Waals surface area contributed by atoms with Crippen molar-refractivity contribution in [3.63, 3.8) is 0 Å². The number of halogens is 4.